The molecule has 0 fully saturated rings. The molecule has 3 heterocycles. The first kappa shape index (κ1) is 29.0. The van der Waals surface area contributed by atoms with E-state index in [1.165, 1.54) is 18.6 Å². The molecule has 0 radical (unpaired) electrons. The number of carbonyl (C=O) groups excluding carboxylic acids is 1. The molecular weight excluding hydrogens is 554 g/mol. The first-order chi connectivity index (χ1) is 20.8. The molecule has 0 saturated carbocycles. The van der Waals surface area contributed by atoms with Crippen molar-refractivity contribution in [1.82, 2.24) is 29.8 Å². The highest BCUT2D eigenvalue weighted by atomic mass is 19.2. The van der Waals surface area contributed by atoms with Crippen LogP contribution in [0.5, 0.6) is 0 Å². The van der Waals surface area contributed by atoms with Gasteiger partial charge in [-0.05, 0) is 48.7 Å². The summed E-state index contributed by atoms with van der Waals surface area (Å²) >= 11 is 0. The van der Waals surface area contributed by atoms with Gasteiger partial charge in [0.05, 0.1) is 17.6 Å². The molecule has 0 aliphatic carbocycles. The average molecular weight is 583 g/mol. The number of nitrogen functional groups attached to an aromatic ring is 1. The maximum absolute atomic E-state index is 13.7. The number of halogens is 2. The molecule has 218 valence electrons. The quantitative estimate of drug-likeness (QED) is 0.189. The summed E-state index contributed by atoms with van der Waals surface area (Å²) in [6, 6.07) is 12.3. The molecule has 13 heteroatoms. The van der Waals surface area contributed by atoms with Crippen LogP contribution in [0.4, 0.5) is 20.4 Å². The van der Waals surface area contributed by atoms with Gasteiger partial charge in [-0.15, -0.1) is 0 Å². The maximum atomic E-state index is 13.7. The van der Waals surface area contributed by atoms with Crippen LogP contribution in [0.3, 0.4) is 0 Å². The smallest absolute Gasteiger partial charge is 0.274 e. The van der Waals surface area contributed by atoms with Crippen LogP contribution in [-0.2, 0) is 13.1 Å². The Labute approximate surface area is 245 Å². The fourth-order valence-electron chi connectivity index (χ4n) is 4.65. The van der Waals surface area contributed by atoms with Gasteiger partial charge in [0.1, 0.15) is 23.9 Å². The Kier molecular flexibility index (Phi) is 8.49. The number of fused-ring (bicyclic) bond motifs is 1. The molecule has 6 N–H and O–H groups in total. The van der Waals surface area contributed by atoms with Gasteiger partial charge in [0.2, 0.25) is 0 Å². The monoisotopic (exact) mass is 582 g/mol. The van der Waals surface area contributed by atoms with E-state index in [-0.39, 0.29) is 17.2 Å². The highest BCUT2D eigenvalue weighted by molar-refractivity contribution is 6.00. The molecule has 5 aromatic rings. The predicted octanol–water partition coefficient (Wildman–Crippen LogP) is 4.07. The van der Waals surface area contributed by atoms with Crippen molar-refractivity contribution >= 4 is 28.6 Å². The number of nitrogens with one attached hydrogen (secondary N) is 2. The molecular formula is C30H28F2N10O. The lowest BCUT2D eigenvalue weighted by atomic mass is 10.0. The third-order valence-electron chi connectivity index (χ3n) is 6.90. The molecule has 0 saturated heterocycles. The predicted molar refractivity (Wildman–Crippen MR) is 157 cm³/mol. The van der Waals surface area contributed by atoms with Gasteiger partial charge in [-0.2, -0.15) is 5.26 Å². The number of amides is 1. The Bertz CT molecular complexity index is 1830. The fourth-order valence-corrected chi connectivity index (χ4v) is 4.65. The highest BCUT2D eigenvalue weighted by Gasteiger charge is 2.20. The van der Waals surface area contributed by atoms with Crippen LogP contribution in [0.1, 0.15) is 46.7 Å². The third-order valence-corrected chi connectivity index (χ3v) is 6.90. The second kappa shape index (κ2) is 12.6. The first-order valence-electron chi connectivity index (χ1n) is 13.4. The molecule has 0 bridgehead atoms. The molecule has 5 rings (SSSR count). The van der Waals surface area contributed by atoms with E-state index < -0.39 is 23.6 Å². The van der Waals surface area contributed by atoms with E-state index >= 15 is 0 Å². The highest BCUT2D eigenvalue weighted by Crippen LogP contribution is 2.33. The Morgan fingerprint density at radius 2 is 1.91 bits per heavy atom. The lowest BCUT2D eigenvalue weighted by Crippen LogP contribution is -2.29. The van der Waals surface area contributed by atoms with E-state index in [1.54, 1.807) is 6.92 Å². The van der Waals surface area contributed by atoms with Crippen molar-refractivity contribution in [3.8, 4) is 17.2 Å². The molecule has 0 aliphatic rings. The third kappa shape index (κ3) is 6.24. The summed E-state index contributed by atoms with van der Waals surface area (Å²) in [5.41, 5.74) is 15.6. The van der Waals surface area contributed by atoms with E-state index in [9.17, 15) is 18.8 Å². The number of hydrogen-bond donors (Lipinski definition) is 4. The van der Waals surface area contributed by atoms with Gasteiger partial charge in [-0.3, -0.25) is 4.79 Å². The zero-order valence-electron chi connectivity index (χ0n) is 23.2. The SMILES string of the molecule is CC(NC(=O)c1nc(C#N)cnc1NCc1ccc(-c2cn(CCCN)c3ncnc(N)c23)cc1)c1ccc(F)c(F)c1. The molecule has 3 aromatic heterocycles. The molecule has 0 aliphatic heterocycles. The van der Waals surface area contributed by atoms with Gasteiger partial charge in [0, 0.05) is 24.8 Å². The molecule has 11 nitrogen and oxygen atoms in total. The number of nitrogens with two attached hydrogens (primary N) is 2. The lowest BCUT2D eigenvalue weighted by Gasteiger charge is -2.16. The van der Waals surface area contributed by atoms with Crippen LogP contribution in [0.25, 0.3) is 22.2 Å². The van der Waals surface area contributed by atoms with E-state index in [0.29, 0.717) is 31.0 Å². The van der Waals surface area contributed by atoms with Gasteiger partial charge in [0.15, 0.2) is 28.8 Å². The van der Waals surface area contributed by atoms with Crippen molar-refractivity contribution in [3.63, 3.8) is 0 Å². The lowest BCUT2D eigenvalue weighted by molar-refractivity contribution is 0.0935. The second-order valence-electron chi connectivity index (χ2n) is 9.82. The molecule has 0 spiro atoms. The van der Waals surface area contributed by atoms with Gasteiger partial charge < -0.3 is 26.7 Å². The number of aromatic nitrogens is 5. The number of carbonyl (C=O) groups is 1. The minimum atomic E-state index is -1.02. The minimum Gasteiger partial charge on any atom is -0.383 e. The fraction of sp³-hybridized carbons (Fsp3) is 0.200. The van der Waals surface area contributed by atoms with Crippen LogP contribution in [-0.4, -0.2) is 37.0 Å². The van der Waals surface area contributed by atoms with Crippen LogP contribution in [0, 0.1) is 23.0 Å². The van der Waals surface area contributed by atoms with Crippen molar-refractivity contribution in [3.05, 3.63) is 95.3 Å². The molecule has 1 atom stereocenters. The van der Waals surface area contributed by atoms with Gasteiger partial charge in [0.25, 0.3) is 5.91 Å². The van der Waals surface area contributed by atoms with E-state index in [0.717, 1.165) is 46.3 Å². The normalized spacial score (nSPS) is 11.7. The van der Waals surface area contributed by atoms with E-state index in [2.05, 4.69) is 30.6 Å². The molecule has 1 amide bonds. The average Bonchev–Trinajstić information content (AvgIpc) is 3.40. The van der Waals surface area contributed by atoms with Gasteiger partial charge in [-0.25, -0.2) is 28.7 Å². The Balaban J connectivity index is 1.34. The number of rotatable bonds is 10. The number of anilines is 2. The van der Waals surface area contributed by atoms with Crippen molar-refractivity contribution in [2.75, 3.05) is 17.6 Å². The zero-order valence-corrected chi connectivity index (χ0v) is 23.2. The summed E-state index contributed by atoms with van der Waals surface area (Å²) in [6.45, 7) is 3.17. The van der Waals surface area contributed by atoms with Crippen LogP contribution in [0.15, 0.2) is 61.2 Å². The van der Waals surface area contributed by atoms with Gasteiger partial charge >= 0.3 is 0 Å². The largest absolute Gasteiger partial charge is 0.383 e. The Morgan fingerprint density at radius 1 is 1.12 bits per heavy atom. The summed E-state index contributed by atoms with van der Waals surface area (Å²) in [6.07, 6.45) is 5.49. The van der Waals surface area contributed by atoms with Crippen LogP contribution < -0.4 is 22.1 Å². The molecule has 43 heavy (non-hydrogen) atoms. The summed E-state index contributed by atoms with van der Waals surface area (Å²) in [5, 5.41) is 15.9. The number of hydrogen-bond acceptors (Lipinski definition) is 9. The van der Waals surface area contributed by atoms with Gasteiger partial charge in [-0.1, -0.05) is 30.3 Å². The molecule has 2 aromatic carbocycles. The minimum absolute atomic E-state index is 0.0468. The first-order valence-corrected chi connectivity index (χ1v) is 13.4. The maximum Gasteiger partial charge on any atom is 0.274 e. The van der Waals surface area contributed by atoms with E-state index in [1.807, 2.05) is 41.1 Å². The van der Waals surface area contributed by atoms with E-state index in [4.69, 9.17) is 11.5 Å². The zero-order chi connectivity index (χ0) is 30.5. The number of nitrogens with zero attached hydrogens (tertiary/aromatic N) is 6. The molecule has 1 unspecified atom stereocenters. The summed E-state index contributed by atoms with van der Waals surface area (Å²) in [5.74, 6) is -2.09. The van der Waals surface area contributed by atoms with Crippen molar-refractivity contribution in [2.24, 2.45) is 5.73 Å². The topological polar surface area (TPSA) is 173 Å². The second-order valence-corrected chi connectivity index (χ2v) is 9.82. The van der Waals surface area contributed by atoms with Crippen molar-refractivity contribution in [2.45, 2.75) is 32.5 Å². The summed E-state index contributed by atoms with van der Waals surface area (Å²) in [7, 11) is 0. The Morgan fingerprint density at radius 3 is 2.63 bits per heavy atom. The summed E-state index contributed by atoms with van der Waals surface area (Å²) in [4.78, 5) is 30.1. The number of nitriles is 1. The van der Waals surface area contributed by atoms with Crippen molar-refractivity contribution in [1.29, 1.82) is 5.26 Å². The summed E-state index contributed by atoms with van der Waals surface area (Å²) < 4.78 is 29.1. The van der Waals surface area contributed by atoms with Crippen LogP contribution >= 0.6 is 0 Å². The van der Waals surface area contributed by atoms with Crippen molar-refractivity contribution < 1.29 is 13.6 Å². The Hall–Kier alpha value is -5.48. The number of benzene rings is 2. The standard InChI is InChI=1S/C30H28F2N10O/c1-17(20-7-8-23(31)24(32)11-20)40-30(43)26-28(37-14-21(12-34)41-26)36-13-18-3-5-19(6-4-18)22-15-42(10-2-9-33)29-25(22)27(35)38-16-39-29/h3-8,11,14-17H,2,9-10,13,33H2,1H3,(H,36,37)(H,40,43)(H2,35,38,39). The van der Waals surface area contributed by atoms with Crippen LogP contribution in [0.2, 0.25) is 0 Å². The number of aryl methyl sites for hydroxylation is 1.